The van der Waals surface area contributed by atoms with Gasteiger partial charge >= 0.3 is 0 Å². The Morgan fingerprint density at radius 1 is 1.22 bits per heavy atom. The molecule has 3 aromatic heterocycles. The minimum Gasteiger partial charge on any atom is -0.490 e. The van der Waals surface area contributed by atoms with Crippen molar-refractivity contribution in [1.82, 2.24) is 15.0 Å². The lowest BCUT2D eigenvalue weighted by molar-refractivity contribution is 0.270. The van der Waals surface area contributed by atoms with E-state index in [9.17, 15) is 0 Å². The zero-order valence-corrected chi connectivity index (χ0v) is 13.5. The highest BCUT2D eigenvalue weighted by Crippen LogP contribution is 2.26. The monoisotopic (exact) mass is 310 g/mol. The summed E-state index contributed by atoms with van der Waals surface area (Å²) < 4.78 is 5.72. The second-order valence-electron chi connectivity index (χ2n) is 6.18. The Morgan fingerprint density at radius 3 is 2.83 bits per heavy atom. The second-order valence-corrected chi connectivity index (χ2v) is 6.18. The van der Waals surface area contributed by atoms with E-state index in [0.29, 0.717) is 12.5 Å². The third-order valence-corrected chi connectivity index (χ3v) is 3.70. The average Bonchev–Trinajstić information content (AvgIpc) is 2.97. The minimum atomic E-state index is 0.0503. The van der Waals surface area contributed by atoms with E-state index in [1.807, 2.05) is 30.5 Å². The third kappa shape index (κ3) is 3.68. The molecule has 0 spiro atoms. The van der Waals surface area contributed by atoms with Crippen molar-refractivity contribution in [1.29, 1.82) is 0 Å². The van der Waals surface area contributed by atoms with Crippen LogP contribution in [0.25, 0.3) is 22.3 Å². The maximum Gasteiger partial charge on any atom is 0.137 e. The molecule has 0 aromatic carbocycles. The van der Waals surface area contributed by atoms with Gasteiger partial charge < -0.3 is 15.5 Å². The summed E-state index contributed by atoms with van der Waals surface area (Å²) in [5.41, 5.74) is 8.83. The van der Waals surface area contributed by atoms with Crippen molar-refractivity contribution in [3.63, 3.8) is 0 Å². The number of fused-ring (bicyclic) bond motifs is 1. The van der Waals surface area contributed by atoms with Crippen LogP contribution in [-0.2, 0) is 0 Å². The van der Waals surface area contributed by atoms with E-state index in [-0.39, 0.29) is 6.04 Å². The highest BCUT2D eigenvalue weighted by molar-refractivity contribution is 5.92. The summed E-state index contributed by atoms with van der Waals surface area (Å²) in [6.45, 7) is 4.83. The highest BCUT2D eigenvalue weighted by Gasteiger charge is 2.09. The number of nitrogens with one attached hydrogen (secondary N) is 1. The number of pyridine rings is 2. The first-order chi connectivity index (χ1) is 11.1. The van der Waals surface area contributed by atoms with Gasteiger partial charge in [0.1, 0.15) is 18.0 Å². The van der Waals surface area contributed by atoms with Crippen molar-refractivity contribution in [2.75, 3.05) is 6.61 Å². The van der Waals surface area contributed by atoms with Gasteiger partial charge in [0.2, 0.25) is 0 Å². The van der Waals surface area contributed by atoms with Crippen LogP contribution in [0.3, 0.4) is 0 Å². The summed E-state index contributed by atoms with van der Waals surface area (Å²) in [5.74, 6) is 1.32. The van der Waals surface area contributed by atoms with E-state index in [2.05, 4.69) is 28.8 Å². The Balaban J connectivity index is 1.70. The Morgan fingerprint density at radius 2 is 2.09 bits per heavy atom. The first-order valence-corrected chi connectivity index (χ1v) is 7.90. The van der Waals surface area contributed by atoms with E-state index in [0.717, 1.165) is 34.5 Å². The molecule has 5 nitrogen and oxygen atoms in total. The molecule has 0 radical (unpaired) electrons. The molecule has 0 aliphatic rings. The molecule has 0 fully saturated rings. The molecule has 0 unspecified atom stereocenters. The lowest BCUT2D eigenvalue weighted by Gasteiger charge is -2.15. The maximum absolute atomic E-state index is 6.04. The smallest absolute Gasteiger partial charge is 0.137 e. The normalized spacial score (nSPS) is 12.7. The molecule has 3 rings (SSSR count). The van der Waals surface area contributed by atoms with E-state index in [1.165, 1.54) is 0 Å². The Hall–Kier alpha value is -2.40. The number of aromatic amines is 1. The van der Waals surface area contributed by atoms with Gasteiger partial charge in [0.15, 0.2) is 0 Å². The van der Waals surface area contributed by atoms with E-state index in [1.54, 1.807) is 12.4 Å². The molecule has 3 aromatic rings. The molecule has 0 aliphatic carbocycles. The van der Waals surface area contributed by atoms with Crippen molar-refractivity contribution in [2.45, 2.75) is 26.3 Å². The molecule has 120 valence electrons. The molecule has 1 atom stereocenters. The van der Waals surface area contributed by atoms with Crippen molar-refractivity contribution >= 4 is 11.0 Å². The zero-order chi connectivity index (χ0) is 16.2. The summed E-state index contributed by atoms with van der Waals surface area (Å²) in [6.07, 6.45) is 6.40. The van der Waals surface area contributed by atoms with Gasteiger partial charge in [0, 0.05) is 29.4 Å². The van der Waals surface area contributed by atoms with Gasteiger partial charge in [-0.25, -0.2) is 4.98 Å². The number of hydrogen-bond acceptors (Lipinski definition) is 4. The first kappa shape index (κ1) is 15.5. The van der Waals surface area contributed by atoms with Crippen molar-refractivity contribution in [2.24, 2.45) is 11.7 Å². The summed E-state index contributed by atoms with van der Waals surface area (Å²) in [6, 6.07) is 7.89. The molecule has 0 saturated heterocycles. The molecular formula is C18H22N4O. The number of aromatic nitrogens is 3. The fourth-order valence-corrected chi connectivity index (χ4v) is 2.67. The number of hydrogen-bond donors (Lipinski definition) is 2. The summed E-state index contributed by atoms with van der Waals surface area (Å²) >= 11 is 0. The Kier molecular flexibility index (Phi) is 4.57. The van der Waals surface area contributed by atoms with Crippen LogP contribution in [0.2, 0.25) is 0 Å². The second kappa shape index (κ2) is 6.79. The van der Waals surface area contributed by atoms with Crippen LogP contribution in [0.1, 0.15) is 20.3 Å². The van der Waals surface area contributed by atoms with E-state index < -0.39 is 0 Å². The van der Waals surface area contributed by atoms with Crippen LogP contribution in [0.5, 0.6) is 5.75 Å². The van der Waals surface area contributed by atoms with E-state index >= 15 is 0 Å². The molecule has 3 heterocycles. The molecule has 0 aliphatic heterocycles. The van der Waals surface area contributed by atoms with Crippen LogP contribution in [0.4, 0.5) is 0 Å². The summed E-state index contributed by atoms with van der Waals surface area (Å²) in [7, 11) is 0. The molecule has 3 N–H and O–H groups in total. The topological polar surface area (TPSA) is 76.8 Å². The SMILES string of the molecule is CC(C)C[C@H](N)COc1ccc(-c2c[nH]c3ncccc23)nc1. The Bertz CT molecular complexity index is 764. The quantitative estimate of drug-likeness (QED) is 0.732. The Labute approximate surface area is 135 Å². The van der Waals surface area contributed by atoms with Gasteiger partial charge in [-0.2, -0.15) is 0 Å². The van der Waals surface area contributed by atoms with Gasteiger partial charge in [-0.15, -0.1) is 0 Å². The molecule has 23 heavy (non-hydrogen) atoms. The number of rotatable bonds is 6. The van der Waals surface area contributed by atoms with Crippen LogP contribution in [0.15, 0.2) is 42.9 Å². The highest BCUT2D eigenvalue weighted by atomic mass is 16.5. The van der Waals surface area contributed by atoms with Crippen LogP contribution < -0.4 is 10.5 Å². The maximum atomic E-state index is 6.04. The molecule has 0 amide bonds. The number of nitrogens with two attached hydrogens (primary N) is 1. The fraction of sp³-hybridized carbons (Fsp3) is 0.333. The fourth-order valence-electron chi connectivity index (χ4n) is 2.67. The van der Waals surface area contributed by atoms with Crippen LogP contribution in [-0.4, -0.2) is 27.6 Å². The minimum absolute atomic E-state index is 0.0503. The molecular weight excluding hydrogens is 288 g/mol. The number of nitrogens with zero attached hydrogens (tertiary/aromatic N) is 2. The van der Waals surface area contributed by atoms with Gasteiger partial charge in [0.05, 0.1) is 11.9 Å². The molecule has 5 heteroatoms. The number of H-pyrrole nitrogens is 1. The van der Waals surface area contributed by atoms with Crippen molar-refractivity contribution in [3.8, 4) is 17.0 Å². The van der Waals surface area contributed by atoms with Crippen molar-refractivity contribution < 1.29 is 4.74 Å². The van der Waals surface area contributed by atoms with Crippen LogP contribution in [0, 0.1) is 5.92 Å². The lowest BCUT2D eigenvalue weighted by Crippen LogP contribution is -2.29. The predicted molar refractivity (Wildman–Crippen MR) is 92.3 cm³/mol. The number of ether oxygens (including phenoxy) is 1. The third-order valence-electron chi connectivity index (χ3n) is 3.70. The predicted octanol–water partition coefficient (Wildman–Crippen LogP) is 3.38. The van der Waals surface area contributed by atoms with Crippen molar-refractivity contribution in [3.05, 3.63) is 42.9 Å². The van der Waals surface area contributed by atoms with Gasteiger partial charge in [0.25, 0.3) is 0 Å². The largest absolute Gasteiger partial charge is 0.490 e. The lowest BCUT2D eigenvalue weighted by atomic mass is 10.1. The molecule has 0 saturated carbocycles. The average molecular weight is 310 g/mol. The standard InChI is InChI=1S/C18H22N4O/c1-12(2)8-13(19)11-23-14-5-6-17(21-9-14)16-10-22-18-15(16)4-3-7-20-18/h3-7,9-10,12-13H,8,11,19H2,1-2H3,(H,20,22)/t13-/m0/s1. The first-order valence-electron chi connectivity index (χ1n) is 7.90. The van der Waals surface area contributed by atoms with Gasteiger partial charge in [-0.05, 0) is 36.6 Å². The molecule has 0 bridgehead atoms. The van der Waals surface area contributed by atoms with Crippen LogP contribution >= 0.6 is 0 Å². The summed E-state index contributed by atoms with van der Waals surface area (Å²) in [5, 5.41) is 1.06. The summed E-state index contributed by atoms with van der Waals surface area (Å²) in [4.78, 5) is 12.0. The van der Waals surface area contributed by atoms with E-state index in [4.69, 9.17) is 10.5 Å². The van der Waals surface area contributed by atoms with Gasteiger partial charge in [-0.3, -0.25) is 4.98 Å². The van der Waals surface area contributed by atoms with Gasteiger partial charge in [-0.1, -0.05) is 13.8 Å². The zero-order valence-electron chi connectivity index (χ0n) is 13.5.